The van der Waals surface area contributed by atoms with E-state index in [-0.39, 0.29) is 24.4 Å². The van der Waals surface area contributed by atoms with Gasteiger partial charge in [0.2, 0.25) is 0 Å². The van der Waals surface area contributed by atoms with Crippen LogP contribution in [0.4, 0.5) is 4.39 Å². The number of carbonyl (C=O) groups is 1. The highest BCUT2D eigenvalue weighted by Crippen LogP contribution is 2.14. The van der Waals surface area contributed by atoms with Crippen LogP contribution in [0.25, 0.3) is 0 Å². The highest BCUT2D eigenvalue weighted by atomic mass is 19.1. The summed E-state index contributed by atoms with van der Waals surface area (Å²) in [6.45, 7) is 3.89. The Morgan fingerprint density at radius 1 is 1.14 bits per heavy atom. The summed E-state index contributed by atoms with van der Waals surface area (Å²) in [5.41, 5.74) is 2.07. The van der Waals surface area contributed by atoms with Crippen LogP contribution in [-0.2, 0) is 11.2 Å². The van der Waals surface area contributed by atoms with Crippen LogP contribution < -0.4 is 10.1 Å². The van der Waals surface area contributed by atoms with Crippen molar-refractivity contribution < 1.29 is 13.9 Å². The molecule has 0 aliphatic heterocycles. The van der Waals surface area contributed by atoms with E-state index in [2.05, 4.69) is 12.2 Å². The van der Waals surface area contributed by atoms with E-state index >= 15 is 0 Å². The van der Waals surface area contributed by atoms with Gasteiger partial charge < -0.3 is 10.1 Å². The molecule has 116 valence electrons. The number of amides is 1. The van der Waals surface area contributed by atoms with E-state index in [0.29, 0.717) is 5.75 Å². The molecule has 0 fully saturated rings. The van der Waals surface area contributed by atoms with Gasteiger partial charge in [0.25, 0.3) is 5.91 Å². The standard InChI is InChI=1S/C18H20FNO2/c1-3-14-4-10-17(11-5-14)22-12-18(21)20-13(2)15-6-8-16(19)9-7-15/h4-11,13H,3,12H2,1-2H3,(H,20,21)/t13-/m1/s1. The summed E-state index contributed by atoms with van der Waals surface area (Å²) in [6, 6.07) is 13.6. The van der Waals surface area contributed by atoms with Gasteiger partial charge in [-0.25, -0.2) is 4.39 Å². The molecule has 1 amide bonds. The van der Waals surface area contributed by atoms with Crippen molar-refractivity contribution in [3.05, 3.63) is 65.5 Å². The van der Waals surface area contributed by atoms with Crippen molar-refractivity contribution in [1.29, 1.82) is 0 Å². The van der Waals surface area contributed by atoms with E-state index in [1.165, 1.54) is 17.7 Å². The molecule has 22 heavy (non-hydrogen) atoms. The SMILES string of the molecule is CCc1ccc(OCC(=O)N[C@H](C)c2ccc(F)cc2)cc1. The number of hydrogen-bond donors (Lipinski definition) is 1. The minimum Gasteiger partial charge on any atom is -0.484 e. The summed E-state index contributed by atoms with van der Waals surface area (Å²) in [5, 5.41) is 2.82. The monoisotopic (exact) mass is 301 g/mol. The first kappa shape index (κ1) is 16.0. The molecule has 4 heteroatoms. The van der Waals surface area contributed by atoms with Gasteiger partial charge in [-0.15, -0.1) is 0 Å². The Morgan fingerprint density at radius 3 is 2.36 bits per heavy atom. The summed E-state index contributed by atoms with van der Waals surface area (Å²) in [7, 11) is 0. The molecule has 0 aliphatic rings. The molecule has 3 nitrogen and oxygen atoms in total. The normalized spacial score (nSPS) is 11.8. The predicted molar refractivity (Wildman–Crippen MR) is 84.3 cm³/mol. The summed E-state index contributed by atoms with van der Waals surface area (Å²) < 4.78 is 18.3. The number of hydrogen-bond acceptors (Lipinski definition) is 2. The first-order valence-electron chi connectivity index (χ1n) is 7.35. The van der Waals surface area contributed by atoms with E-state index in [4.69, 9.17) is 4.74 Å². The quantitative estimate of drug-likeness (QED) is 0.884. The van der Waals surface area contributed by atoms with Crippen molar-refractivity contribution in [3.63, 3.8) is 0 Å². The number of ether oxygens (including phenoxy) is 1. The van der Waals surface area contributed by atoms with Gasteiger partial charge in [0.15, 0.2) is 6.61 Å². The molecule has 0 saturated carbocycles. The lowest BCUT2D eigenvalue weighted by molar-refractivity contribution is -0.123. The average Bonchev–Trinajstić information content (AvgIpc) is 2.54. The Balaban J connectivity index is 1.83. The summed E-state index contributed by atoms with van der Waals surface area (Å²) in [4.78, 5) is 11.9. The molecule has 2 rings (SSSR count). The Bertz CT molecular complexity index is 608. The molecular weight excluding hydrogens is 281 g/mol. The van der Waals surface area contributed by atoms with Crippen molar-refractivity contribution in [3.8, 4) is 5.75 Å². The zero-order valence-corrected chi connectivity index (χ0v) is 12.8. The van der Waals surface area contributed by atoms with Crippen molar-refractivity contribution in [1.82, 2.24) is 5.32 Å². The molecule has 0 aromatic heterocycles. The lowest BCUT2D eigenvalue weighted by Crippen LogP contribution is -2.31. The van der Waals surface area contributed by atoms with Crippen LogP contribution in [0.3, 0.4) is 0 Å². The van der Waals surface area contributed by atoms with Gasteiger partial charge in [0, 0.05) is 0 Å². The van der Waals surface area contributed by atoms with Gasteiger partial charge in [0.1, 0.15) is 11.6 Å². The van der Waals surface area contributed by atoms with Gasteiger partial charge in [-0.1, -0.05) is 31.2 Å². The summed E-state index contributed by atoms with van der Waals surface area (Å²) >= 11 is 0. The molecule has 1 N–H and O–H groups in total. The fourth-order valence-electron chi connectivity index (χ4n) is 2.09. The maximum Gasteiger partial charge on any atom is 0.258 e. The van der Waals surface area contributed by atoms with Crippen LogP contribution in [0, 0.1) is 5.82 Å². The average molecular weight is 301 g/mol. The molecule has 0 saturated heterocycles. The van der Waals surface area contributed by atoms with Gasteiger partial charge >= 0.3 is 0 Å². The van der Waals surface area contributed by atoms with Gasteiger partial charge in [-0.3, -0.25) is 4.79 Å². The first-order valence-corrected chi connectivity index (χ1v) is 7.35. The Kier molecular flexibility index (Phi) is 5.53. The lowest BCUT2D eigenvalue weighted by atomic mass is 10.1. The zero-order valence-electron chi connectivity index (χ0n) is 12.8. The maximum absolute atomic E-state index is 12.9. The largest absolute Gasteiger partial charge is 0.484 e. The molecule has 2 aromatic carbocycles. The highest BCUT2D eigenvalue weighted by molar-refractivity contribution is 5.78. The molecule has 0 heterocycles. The number of aryl methyl sites for hydroxylation is 1. The molecule has 1 atom stereocenters. The number of carbonyl (C=O) groups excluding carboxylic acids is 1. The van der Waals surface area contributed by atoms with Crippen LogP contribution >= 0.6 is 0 Å². The molecule has 0 spiro atoms. The van der Waals surface area contributed by atoms with E-state index in [1.54, 1.807) is 12.1 Å². The molecular formula is C18H20FNO2. The van der Waals surface area contributed by atoms with Crippen molar-refractivity contribution in [2.45, 2.75) is 26.3 Å². The highest BCUT2D eigenvalue weighted by Gasteiger charge is 2.10. The fraction of sp³-hybridized carbons (Fsp3) is 0.278. The number of rotatable bonds is 6. The van der Waals surface area contributed by atoms with Gasteiger partial charge in [-0.05, 0) is 48.7 Å². The third kappa shape index (κ3) is 4.58. The first-order chi connectivity index (χ1) is 10.6. The lowest BCUT2D eigenvalue weighted by Gasteiger charge is -2.14. The smallest absolute Gasteiger partial charge is 0.258 e. The molecule has 0 radical (unpaired) electrons. The minimum absolute atomic E-state index is 0.0446. The van der Waals surface area contributed by atoms with Crippen LogP contribution in [0.5, 0.6) is 5.75 Å². The van der Waals surface area contributed by atoms with E-state index < -0.39 is 0 Å². The molecule has 0 aliphatic carbocycles. The van der Waals surface area contributed by atoms with E-state index in [0.717, 1.165) is 12.0 Å². The minimum atomic E-state index is -0.291. The zero-order chi connectivity index (χ0) is 15.9. The Hall–Kier alpha value is -2.36. The van der Waals surface area contributed by atoms with Crippen LogP contribution in [0.1, 0.15) is 31.0 Å². The van der Waals surface area contributed by atoms with Crippen molar-refractivity contribution >= 4 is 5.91 Å². The molecule has 2 aromatic rings. The number of halogens is 1. The van der Waals surface area contributed by atoms with Crippen LogP contribution in [0.2, 0.25) is 0 Å². The second kappa shape index (κ2) is 7.59. The van der Waals surface area contributed by atoms with Crippen molar-refractivity contribution in [2.24, 2.45) is 0 Å². The van der Waals surface area contributed by atoms with Crippen molar-refractivity contribution in [2.75, 3.05) is 6.61 Å². The third-order valence-electron chi connectivity index (χ3n) is 3.45. The molecule has 0 bridgehead atoms. The number of benzene rings is 2. The van der Waals surface area contributed by atoms with E-state index in [1.807, 2.05) is 31.2 Å². The van der Waals surface area contributed by atoms with Crippen LogP contribution in [-0.4, -0.2) is 12.5 Å². The fourth-order valence-corrected chi connectivity index (χ4v) is 2.09. The second-order valence-corrected chi connectivity index (χ2v) is 5.13. The second-order valence-electron chi connectivity index (χ2n) is 5.13. The number of nitrogens with one attached hydrogen (secondary N) is 1. The van der Waals surface area contributed by atoms with E-state index in [9.17, 15) is 9.18 Å². The molecule has 0 unspecified atom stereocenters. The van der Waals surface area contributed by atoms with Crippen LogP contribution in [0.15, 0.2) is 48.5 Å². The topological polar surface area (TPSA) is 38.3 Å². The van der Waals surface area contributed by atoms with Gasteiger partial charge in [0.05, 0.1) is 6.04 Å². The summed E-state index contributed by atoms with van der Waals surface area (Å²) in [5.74, 6) is 0.166. The third-order valence-corrected chi connectivity index (χ3v) is 3.45. The van der Waals surface area contributed by atoms with Gasteiger partial charge in [-0.2, -0.15) is 0 Å². The summed E-state index contributed by atoms with van der Waals surface area (Å²) in [6.07, 6.45) is 0.968. The Morgan fingerprint density at radius 2 is 1.77 bits per heavy atom. The predicted octanol–water partition coefficient (Wildman–Crippen LogP) is 3.64. The maximum atomic E-state index is 12.9. The Labute approximate surface area is 130 Å².